The van der Waals surface area contributed by atoms with Crippen LogP contribution in [-0.2, 0) is 10.0 Å². The summed E-state index contributed by atoms with van der Waals surface area (Å²) < 4.78 is 29.0. The molecule has 3 heterocycles. The van der Waals surface area contributed by atoms with E-state index in [0.29, 0.717) is 18.1 Å². The third kappa shape index (κ3) is 2.50. The first kappa shape index (κ1) is 13.7. The van der Waals surface area contributed by atoms with E-state index in [0.717, 1.165) is 17.9 Å². The van der Waals surface area contributed by atoms with E-state index in [1.54, 1.807) is 24.4 Å². The van der Waals surface area contributed by atoms with E-state index in [1.165, 1.54) is 4.40 Å². The number of aromatic nitrogens is 2. The van der Waals surface area contributed by atoms with Crippen molar-refractivity contribution >= 4 is 33.3 Å². The fraction of sp³-hybridized carbons (Fsp3) is 0.417. The zero-order valence-corrected chi connectivity index (χ0v) is 12.5. The van der Waals surface area contributed by atoms with E-state index in [1.807, 2.05) is 11.8 Å². The van der Waals surface area contributed by atoms with Crippen LogP contribution in [0.5, 0.6) is 0 Å². The van der Waals surface area contributed by atoms with E-state index < -0.39 is 10.0 Å². The molecule has 1 unspecified atom stereocenters. The Balaban J connectivity index is 1.90. The Morgan fingerprint density at radius 3 is 3.10 bits per heavy atom. The highest BCUT2D eigenvalue weighted by molar-refractivity contribution is 7.99. The normalized spacial score (nSPS) is 19.7. The lowest BCUT2D eigenvalue weighted by molar-refractivity contribution is 0.543. The molecule has 1 aliphatic rings. The van der Waals surface area contributed by atoms with Crippen molar-refractivity contribution < 1.29 is 8.42 Å². The average Bonchev–Trinajstić information content (AvgIpc) is 3.02. The summed E-state index contributed by atoms with van der Waals surface area (Å²) >= 11 is 1.86. The Hall–Kier alpha value is -1.25. The van der Waals surface area contributed by atoms with Crippen LogP contribution in [0.25, 0.3) is 5.65 Å². The van der Waals surface area contributed by atoms with Gasteiger partial charge in [-0.25, -0.2) is 18.1 Å². The third-order valence-corrected chi connectivity index (χ3v) is 6.04. The Morgan fingerprint density at radius 1 is 1.50 bits per heavy atom. The highest BCUT2D eigenvalue weighted by Crippen LogP contribution is 2.24. The average molecular weight is 312 g/mol. The monoisotopic (exact) mass is 312 g/mol. The number of thioether (sulfide) groups is 1. The molecule has 1 atom stereocenters. The fourth-order valence-corrected chi connectivity index (χ4v) is 4.91. The molecule has 2 aromatic heterocycles. The molecule has 0 amide bonds. The van der Waals surface area contributed by atoms with Gasteiger partial charge in [0.2, 0.25) is 0 Å². The summed E-state index contributed by atoms with van der Waals surface area (Å²) in [6, 6.07) is 5.27. The minimum Gasteiger partial charge on any atom is -0.381 e. The van der Waals surface area contributed by atoms with Gasteiger partial charge < -0.3 is 5.73 Å². The maximum absolute atomic E-state index is 12.4. The molecule has 0 aromatic carbocycles. The molecule has 0 radical (unpaired) electrons. The lowest BCUT2D eigenvalue weighted by atomic mass is 10.1. The van der Waals surface area contributed by atoms with Crippen LogP contribution in [-0.4, -0.2) is 35.9 Å². The maximum Gasteiger partial charge on any atom is 0.260 e. The second-order valence-corrected chi connectivity index (χ2v) is 7.64. The molecule has 20 heavy (non-hydrogen) atoms. The van der Waals surface area contributed by atoms with E-state index in [4.69, 9.17) is 5.73 Å². The van der Waals surface area contributed by atoms with Gasteiger partial charge in [-0.2, -0.15) is 11.8 Å². The molecule has 0 aliphatic carbocycles. The summed E-state index contributed by atoms with van der Waals surface area (Å²) in [4.78, 5) is 4.08. The van der Waals surface area contributed by atoms with E-state index in [-0.39, 0.29) is 10.8 Å². The number of nitrogen functional groups attached to an aromatic ring is 1. The van der Waals surface area contributed by atoms with Crippen molar-refractivity contribution in [3.8, 4) is 0 Å². The summed E-state index contributed by atoms with van der Waals surface area (Å²) in [6.07, 6.45) is 2.70. The molecule has 8 heteroatoms. The van der Waals surface area contributed by atoms with Crippen LogP contribution in [0.4, 0.5) is 5.82 Å². The fourth-order valence-electron chi connectivity index (χ4n) is 2.30. The van der Waals surface area contributed by atoms with Gasteiger partial charge in [0.25, 0.3) is 10.0 Å². The Kier molecular flexibility index (Phi) is 3.61. The lowest BCUT2D eigenvalue weighted by Gasteiger charge is -2.10. The molecule has 0 saturated carbocycles. The maximum atomic E-state index is 12.4. The highest BCUT2D eigenvalue weighted by atomic mass is 32.2. The summed E-state index contributed by atoms with van der Waals surface area (Å²) in [5.41, 5.74) is 6.30. The first-order valence-corrected chi connectivity index (χ1v) is 9.02. The SMILES string of the molecule is Nc1nc2ccccn2c1S(=O)(=O)NCC1CCSC1. The van der Waals surface area contributed by atoms with Crippen LogP contribution < -0.4 is 10.5 Å². The molecule has 108 valence electrons. The molecule has 3 N–H and O–H groups in total. The number of imidazole rings is 1. The van der Waals surface area contributed by atoms with Crippen LogP contribution in [0.15, 0.2) is 29.4 Å². The summed E-state index contributed by atoms with van der Waals surface area (Å²) in [5.74, 6) is 2.54. The molecule has 6 nitrogen and oxygen atoms in total. The molecule has 1 fully saturated rings. The van der Waals surface area contributed by atoms with Crippen LogP contribution in [0, 0.1) is 5.92 Å². The molecule has 1 aliphatic heterocycles. The number of nitrogens with one attached hydrogen (secondary N) is 1. The second kappa shape index (κ2) is 5.27. The highest BCUT2D eigenvalue weighted by Gasteiger charge is 2.25. The van der Waals surface area contributed by atoms with Crippen LogP contribution in [0.3, 0.4) is 0 Å². The number of pyridine rings is 1. The molecular weight excluding hydrogens is 296 g/mol. The molecular formula is C12H16N4O2S2. The Labute approximate surface area is 121 Å². The molecule has 2 aromatic rings. The lowest BCUT2D eigenvalue weighted by Crippen LogP contribution is -2.30. The van der Waals surface area contributed by atoms with E-state index in [2.05, 4.69) is 9.71 Å². The molecule has 3 rings (SSSR count). The number of hydrogen-bond donors (Lipinski definition) is 2. The van der Waals surface area contributed by atoms with Gasteiger partial charge in [0.1, 0.15) is 5.65 Å². The van der Waals surface area contributed by atoms with Crippen LogP contribution >= 0.6 is 11.8 Å². The van der Waals surface area contributed by atoms with Crippen LogP contribution in [0.2, 0.25) is 0 Å². The summed E-state index contributed by atoms with van der Waals surface area (Å²) in [7, 11) is -3.65. The standard InChI is InChI=1S/C12H16N4O2S2/c13-11-12(16-5-2-1-3-10(16)15-11)20(17,18)14-7-9-4-6-19-8-9/h1-3,5,9,14H,4,6-8,13H2. The first-order chi connectivity index (χ1) is 9.58. The number of hydrogen-bond acceptors (Lipinski definition) is 5. The van der Waals surface area contributed by atoms with Crippen LogP contribution in [0.1, 0.15) is 6.42 Å². The summed E-state index contributed by atoms with van der Waals surface area (Å²) in [6.45, 7) is 0.453. The van der Waals surface area contributed by atoms with Gasteiger partial charge in [-0.05, 0) is 36.0 Å². The van der Waals surface area contributed by atoms with Gasteiger partial charge in [0, 0.05) is 12.7 Å². The number of nitrogens with zero attached hydrogens (tertiary/aromatic N) is 2. The quantitative estimate of drug-likeness (QED) is 0.877. The number of nitrogens with two attached hydrogens (primary N) is 1. The van der Waals surface area contributed by atoms with Gasteiger partial charge in [-0.3, -0.25) is 4.40 Å². The number of fused-ring (bicyclic) bond motifs is 1. The van der Waals surface area contributed by atoms with Crippen molar-refractivity contribution in [1.29, 1.82) is 0 Å². The van der Waals surface area contributed by atoms with E-state index >= 15 is 0 Å². The predicted octanol–water partition coefficient (Wildman–Crippen LogP) is 0.948. The smallest absolute Gasteiger partial charge is 0.260 e. The molecule has 0 spiro atoms. The van der Waals surface area contributed by atoms with Gasteiger partial charge in [0.15, 0.2) is 10.8 Å². The Morgan fingerprint density at radius 2 is 2.35 bits per heavy atom. The van der Waals surface area contributed by atoms with Crippen molar-refractivity contribution in [3.63, 3.8) is 0 Å². The first-order valence-electron chi connectivity index (χ1n) is 6.38. The largest absolute Gasteiger partial charge is 0.381 e. The summed E-state index contributed by atoms with van der Waals surface area (Å²) in [5, 5.41) is 0.0266. The van der Waals surface area contributed by atoms with Crippen molar-refractivity contribution in [3.05, 3.63) is 24.4 Å². The van der Waals surface area contributed by atoms with Crippen molar-refractivity contribution in [1.82, 2.24) is 14.1 Å². The van der Waals surface area contributed by atoms with Gasteiger partial charge in [0.05, 0.1) is 0 Å². The van der Waals surface area contributed by atoms with Crippen molar-refractivity contribution in [2.24, 2.45) is 5.92 Å². The topological polar surface area (TPSA) is 89.5 Å². The minimum absolute atomic E-state index is 0.0266. The van der Waals surface area contributed by atoms with E-state index in [9.17, 15) is 8.42 Å². The number of rotatable bonds is 4. The minimum atomic E-state index is -3.65. The zero-order valence-electron chi connectivity index (χ0n) is 10.8. The van der Waals surface area contributed by atoms with Crippen molar-refractivity contribution in [2.75, 3.05) is 23.8 Å². The number of sulfonamides is 1. The van der Waals surface area contributed by atoms with Crippen molar-refractivity contribution in [2.45, 2.75) is 11.4 Å². The van der Waals surface area contributed by atoms with Gasteiger partial charge in [-0.15, -0.1) is 0 Å². The van der Waals surface area contributed by atoms with Gasteiger partial charge in [-0.1, -0.05) is 6.07 Å². The molecule has 1 saturated heterocycles. The van der Waals surface area contributed by atoms with Gasteiger partial charge >= 0.3 is 0 Å². The molecule has 0 bridgehead atoms. The number of anilines is 1. The second-order valence-electron chi connectivity index (χ2n) is 4.81. The predicted molar refractivity (Wildman–Crippen MR) is 80.2 cm³/mol. The Bertz CT molecular complexity index is 720. The zero-order chi connectivity index (χ0) is 14.2. The third-order valence-electron chi connectivity index (χ3n) is 3.35.